The van der Waals surface area contributed by atoms with Crippen LogP contribution in [0, 0.1) is 13.8 Å². The van der Waals surface area contributed by atoms with Crippen LogP contribution in [0.2, 0.25) is 0 Å². The van der Waals surface area contributed by atoms with E-state index in [1.165, 1.54) is 7.11 Å². The zero-order chi connectivity index (χ0) is 13.9. The van der Waals surface area contributed by atoms with Crippen LogP contribution in [0.5, 0.6) is 0 Å². The van der Waals surface area contributed by atoms with Crippen molar-refractivity contribution in [1.29, 1.82) is 0 Å². The maximum atomic E-state index is 11.5. The van der Waals surface area contributed by atoms with E-state index in [9.17, 15) is 9.59 Å². The van der Waals surface area contributed by atoms with Gasteiger partial charge in [-0.1, -0.05) is 0 Å². The summed E-state index contributed by atoms with van der Waals surface area (Å²) in [7, 11) is 1.30. The molecule has 0 fully saturated rings. The molecule has 0 radical (unpaired) electrons. The Morgan fingerprint density at radius 1 is 1.39 bits per heavy atom. The molecular weight excluding hydrogens is 234 g/mol. The Balaban J connectivity index is 3.21. The van der Waals surface area contributed by atoms with Crippen molar-refractivity contribution in [2.45, 2.75) is 26.3 Å². The molecule has 1 rings (SSSR count). The van der Waals surface area contributed by atoms with E-state index in [1.54, 1.807) is 12.1 Å². The summed E-state index contributed by atoms with van der Waals surface area (Å²) in [4.78, 5) is 22.2. The maximum absolute atomic E-state index is 11.5. The Kier molecular flexibility index (Phi) is 4.44. The molecule has 0 aliphatic carbocycles. The zero-order valence-corrected chi connectivity index (χ0v) is 10.7. The number of carbonyl (C=O) groups is 2. The van der Waals surface area contributed by atoms with Crippen LogP contribution in [-0.2, 0) is 9.53 Å². The van der Waals surface area contributed by atoms with Crippen LogP contribution >= 0.6 is 0 Å². The number of hydrogen-bond donors (Lipinski definition) is 2. The second kappa shape index (κ2) is 5.64. The normalized spacial score (nSPS) is 12.0. The average molecular weight is 251 g/mol. The Hall–Kier alpha value is -1.88. The summed E-state index contributed by atoms with van der Waals surface area (Å²) in [6.45, 7) is 3.70. The summed E-state index contributed by atoms with van der Waals surface area (Å²) in [5.74, 6) is -1.43. The van der Waals surface area contributed by atoms with Gasteiger partial charge in [-0.05, 0) is 42.7 Å². The molecule has 1 unspecified atom stereocenters. The van der Waals surface area contributed by atoms with E-state index in [-0.39, 0.29) is 6.42 Å². The number of benzene rings is 1. The zero-order valence-electron chi connectivity index (χ0n) is 10.7. The molecule has 5 heteroatoms. The minimum Gasteiger partial charge on any atom is -0.481 e. The minimum atomic E-state index is -0.969. The molecule has 0 bridgehead atoms. The van der Waals surface area contributed by atoms with E-state index in [2.05, 4.69) is 4.74 Å². The third-order valence-electron chi connectivity index (χ3n) is 2.92. The van der Waals surface area contributed by atoms with Crippen LogP contribution in [0.15, 0.2) is 12.1 Å². The second-order valence-electron chi connectivity index (χ2n) is 4.20. The summed E-state index contributed by atoms with van der Waals surface area (Å²) in [5.41, 5.74) is 8.68. The van der Waals surface area contributed by atoms with Gasteiger partial charge in [-0.15, -0.1) is 0 Å². The second-order valence-corrected chi connectivity index (χ2v) is 4.20. The predicted molar refractivity (Wildman–Crippen MR) is 66.4 cm³/mol. The molecule has 1 aromatic carbocycles. The first-order valence-corrected chi connectivity index (χ1v) is 5.53. The predicted octanol–water partition coefficient (Wildman–Crippen LogP) is 1.56. The number of carboxylic acid groups (broad SMARTS) is 1. The van der Waals surface area contributed by atoms with Crippen molar-refractivity contribution in [3.8, 4) is 0 Å². The standard InChI is InChI=1S/C13H17NO4/c1-7-4-9(13(17)18-3)5-10(8(7)2)11(14)6-12(15)16/h4-5,11H,6,14H2,1-3H3,(H,15,16). The molecule has 0 aromatic heterocycles. The number of hydrogen-bond acceptors (Lipinski definition) is 4. The lowest BCUT2D eigenvalue weighted by Gasteiger charge is -2.16. The highest BCUT2D eigenvalue weighted by Crippen LogP contribution is 2.23. The number of carboxylic acids is 1. The molecule has 0 saturated heterocycles. The maximum Gasteiger partial charge on any atom is 0.337 e. The molecular formula is C13H17NO4. The Labute approximate surface area is 106 Å². The van der Waals surface area contributed by atoms with Gasteiger partial charge in [0.05, 0.1) is 19.1 Å². The number of carbonyl (C=O) groups excluding carboxylic acids is 1. The molecule has 0 heterocycles. The number of aliphatic carboxylic acids is 1. The monoisotopic (exact) mass is 251 g/mol. The van der Waals surface area contributed by atoms with Crippen LogP contribution in [0.4, 0.5) is 0 Å². The van der Waals surface area contributed by atoms with Gasteiger partial charge in [0.25, 0.3) is 0 Å². The van der Waals surface area contributed by atoms with Crippen molar-refractivity contribution >= 4 is 11.9 Å². The summed E-state index contributed by atoms with van der Waals surface area (Å²) in [6.07, 6.45) is -0.176. The summed E-state index contributed by atoms with van der Waals surface area (Å²) in [6, 6.07) is 2.67. The first-order chi connectivity index (χ1) is 8.36. The first kappa shape index (κ1) is 14.2. The topological polar surface area (TPSA) is 89.6 Å². The van der Waals surface area contributed by atoms with Gasteiger partial charge in [-0.2, -0.15) is 0 Å². The molecule has 3 N–H and O–H groups in total. The van der Waals surface area contributed by atoms with Gasteiger partial charge in [0.1, 0.15) is 0 Å². The Morgan fingerprint density at radius 2 is 2.00 bits per heavy atom. The van der Waals surface area contributed by atoms with Crippen LogP contribution in [0.1, 0.15) is 39.5 Å². The highest BCUT2D eigenvalue weighted by molar-refractivity contribution is 5.90. The summed E-state index contributed by atoms with van der Waals surface area (Å²) < 4.78 is 4.65. The SMILES string of the molecule is COC(=O)c1cc(C)c(C)c(C(N)CC(=O)O)c1. The van der Waals surface area contributed by atoms with Gasteiger partial charge in [-0.25, -0.2) is 4.79 Å². The van der Waals surface area contributed by atoms with Gasteiger partial charge in [0, 0.05) is 6.04 Å². The molecule has 1 aromatic rings. The molecule has 98 valence electrons. The first-order valence-electron chi connectivity index (χ1n) is 5.53. The third kappa shape index (κ3) is 3.07. The lowest BCUT2D eigenvalue weighted by molar-refractivity contribution is -0.137. The summed E-state index contributed by atoms with van der Waals surface area (Å²) >= 11 is 0. The van der Waals surface area contributed by atoms with Crippen LogP contribution in [0.25, 0.3) is 0 Å². The van der Waals surface area contributed by atoms with E-state index in [0.29, 0.717) is 11.1 Å². The molecule has 0 amide bonds. The van der Waals surface area contributed by atoms with Crippen molar-refractivity contribution in [3.05, 3.63) is 34.4 Å². The largest absolute Gasteiger partial charge is 0.481 e. The number of methoxy groups -OCH3 is 1. The lowest BCUT2D eigenvalue weighted by Crippen LogP contribution is -2.17. The van der Waals surface area contributed by atoms with Crippen molar-refractivity contribution in [1.82, 2.24) is 0 Å². The van der Waals surface area contributed by atoms with Gasteiger partial charge < -0.3 is 15.6 Å². The highest BCUT2D eigenvalue weighted by atomic mass is 16.5. The van der Waals surface area contributed by atoms with Gasteiger partial charge in [-0.3, -0.25) is 4.79 Å². The molecule has 1 atom stereocenters. The fraction of sp³-hybridized carbons (Fsp3) is 0.385. The number of aryl methyl sites for hydroxylation is 1. The molecule has 0 saturated carbocycles. The number of ether oxygens (including phenoxy) is 1. The van der Waals surface area contributed by atoms with Gasteiger partial charge >= 0.3 is 11.9 Å². The van der Waals surface area contributed by atoms with E-state index in [4.69, 9.17) is 10.8 Å². The molecule has 0 aliphatic heterocycles. The quantitative estimate of drug-likeness (QED) is 0.793. The van der Waals surface area contributed by atoms with Crippen LogP contribution in [0.3, 0.4) is 0 Å². The highest BCUT2D eigenvalue weighted by Gasteiger charge is 2.17. The van der Waals surface area contributed by atoms with E-state index in [1.807, 2.05) is 13.8 Å². The fourth-order valence-corrected chi connectivity index (χ4v) is 1.81. The molecule has 0 spiro atoms. The smallest absolute Gasteiger partial charge is 0.337 e. The van der Waals surface area contributed by atoms with Gasteiger partial charge in [0.15, 0.2) is 0 Å². The van der Waals surface area contributed by atoms with Crippen LogP contribution in [-0.4, -0.2) is 24.2 Å². The van der Waals surface area contributed by atoms with E-state index < -0.39 is 18.0 Å². The number of nitrogens with two attached hydrogens (primary N) is 1. The van der Waals surface area contributed by atoms with Gasteiger partial charge in [0.2, 0.25) is 0 Å². The van der Waals surface area contributed by atoms with Crippen LogP contribution < -0.4 is 5.73 Å². The van der Waals surface area contributed by atoms with Crippen molar-refractivity contribution in [3.63, 3.8) is 0 Å². The fourth-order valence-electron chi connectivity index (χ4n) is 1.81. The molecule has 0 aliphatic rings. The Morgan fingerprint density at radius 3 is 2.50 bits per heavy atom. The lowest BCUT2D eigenvalue weighted by atomic mass is 9.93. The summed E-state index contributed by atoms with van der Waals surface area (Å²) in [5, 5.41) is 8.76. The molecule has 18 heavy (non-hydrogen) atoms. The van der Waals surface area contributed by atoms with Crippen molar-refractivity contribution in [2.24, 2.45) is 5.73 Å². The van der Waals surface area contributed by atoms with Crippen molar-refractivity contribution < 1.29 is 19.4 Å². The Bertz CT molecular complexity index is 482. The number of esters is 1. The molecule has 5 nitrogen and oxygen atoms in total. The van der Waals surface area contributed by atoms with Crippen molar-refractivity contribution in [2.75, 3.05) is 7.11 Å². The average Bonchev–Trinajstić information content (AvgIpc) is 2.30. The van der Waals surface area contributed by atoms with E-state index >= 15 is 0 Å². The minimum absolute atomic E-state index is 0.176. The third-order valence-corrected chi connectivity index (χ3v) is 2.92. The van der Waals surface area contributed by atoms with E-state index in [0.717, 1.165) is 11.1 Å². The number of rotatable bonds is 4.